The van der Waals surface area contributed by atoms with Gasteiger partial charge in [0, 0.05) is 27.4 Å². The average molecular weight is 266 g/mol. The van der Waals surface area contributed by atoms with Gasteiger partial charge in [-0.25, -0.2) is 0 Å². The summed E-state index contributed by atoms with van der Waals surface area (Å²) in [5.74, 6) is 0. The standard InChI is InChI=1S/C10H23NO3Si.H4Si/c1-12-15(13-2,14-3)9-11-10-7-5-4-6-8-10;/h10-11H,4-9H2,1-3H3;1H4. The predicted molar refractivity (Wildman–Crippen MR) is 73.0 cm³/mol. The minimum absolute atomic E-state index is 0. The molecule has 1 aliphatic rings. The van der Waals surface area contributed by atoms with Crippen molar-refractivity contribution < 1.29 is 13.3 Å². The summed E-state index contributed by atoms with van der Waals surface area (Å²) >= 11 is 0. The van der Waals surface area contributed by atoms with Crippen molar-refractivity contribution in [1.82, 2.24) is 5.32 Å². The molecule has 0 aromatic carbocycles. The van der Waals surface area contributed by atoms with Crippen LogP contribution in [-0.4, -0.2) is 53.3 Å². The van der Waals surface area contributed by atoms with Crippen LogP contribution in [0.3, 0.4) is 0 Å². The molecule has 0 amide bonds. The van der Waals surface area contributed by atoms with E-state index in [1.165, 1.54) is 32.1 Å². The summed E-state index contributed by atoms with van der Waals surface area (Å²) in [7, 11) is 2.55. The smallest absolute Gasteiger partial charge is 0.376 e. The highest BCUT2D eigenvalue weighted by Crippen LogP contribution is 2.17. The third-order valence-corrected chi connectivity index (χ3v) is 5.65. The van der Waals surface area contributed by atoms with Gasteiger partial charge in [-0.3, -0.25) is 0 Å². The number of nitrogens with one attached hydrogen (secondary N) is 1. The Labute approximate surface area is 104 Å². The van der Waals surface area contributed by atoms with E-state index in [-0.39, 0.29) is 11.0 Å². The van der Waals surface area contributed by atoms with Crippen molar-refractivity contribution in [1.29, 1.82) is 0 Å². The van der Waals surface area contributed by atoms with Gasteiger partial charge in [-0.05, 0) is 23.8 Å². The van der Waals surface area contributed by atoms with Crippen LogP contribution in [0.2, 0.25) is 0 Å². The first-order chi connectivity index (χ1) is 7.26. The molecule has 6 heteroatoms. The second kappa shape index (κ2) is 8.38. The lowest BCUT2D eigenvalue weighted by Crippen LogP contribution is -2.54. The van der Waals surface area contributed by atoms with E-state index in [9.17, 15) is 0 Å². The monoisotopic (exact) mass is 265 g/mol. The lowest BCUT2D eigenvalue weighted by atomic mass is 9.96. The van der Waals surface area contributed by atoms with Gasteiger partial charge in [-0.15, -0.1) is 0 Å². The van der Waals surface area contributed by atoms with Crippen molar-refractivity contribution >= 4 is 19.8 Å². The Kier molecular flexibility index (Phi) is 8.52. The molecule has 4 nitrogen and oxygen atoms in total. The van der Waals surface area contributed by atoms with E-state index in [1.54, 1.807) is 21.3 Å². The molecule has 0 heterocycles. The lowest BCUT2D eigenvalue weighted by Gasteiger charge is -2.29. The van der Waals surface area contributed by atoms with Gasteiger partial charge < -0.3 is 18.6 Å². The molecule has 1 aliphatic carbocycles. The fraction of sp³-hybridized carbons (Fsp3) is 1.00. The van der Waals surface area contributed by atoms with Gasteiger partial charge in [0.15, 0.2) is 0 Å². The van der Waals surface area contributed by atoms with Crippen LogP contribution in [0.15, 0.2) is 0 Å². The maximum Gasteiger partial charge on any atom is 0.514 e. The molecule has 0 radical (unpaired) electrons. The first-order valence-electron chi connectivity index (χ1n) is 5.65. The molecule has 1 N–H and O–H groups in total. The van der Waals surface area contributed by atoms with Crippen molar-refractivity contribution in [3.8, 4) is 0 Å². The maximum absolute atomic E-state index is 5.36. The molecular weight excluding hydrogens is 238 g/mol. The van der Waals surface area contributed by atoms with Crippen molar-refractivity contribution in [2.24, 2.45) is 0 Å². The number of rotatable bonds is 6. The first kappa shape index (κ1) is 16.3. The van der Waals surface area contributed by atoms with Crippen LogP contribution in [-0.2, 0) is 13.3 Å². The average Bonchev–Trinajstić information content (AvgIpc) is 2.33. The topological polar surface area (TPSA) is 39.7 Å². The van der Waals surface area contributed by atoms with Crippen LogP contribution in [0.4, 0.5) is 0 Å². The highest BCUT2D eigenvalue weighted by Gasteiger charge is 2.38. The van der Waals surface area contributed by atoms with Crippen molar-refractivity contribution in [2.45, 2.75) is 38.1 Å². The van der Waals surface area contributed by atoms with Crippen molar-refractivity contribution in [3.05, 3.63) is 0 Å². The Morgan fingerprint density at radius 3 is 1.94 bits per heavy atom. The summed E-state index contributed by atoms with van der Waals surface area (Å²) in [4.78, 5) is 0. The van der Waals surface area contributed by atoms with Crippen molar-refractivity contribution in [2.75, 3.05) is 27.5 Å². The zero-order valence-electron chi connectivity index (χ0n) is 10.0. The molecule has 0 aromatic rings. The second-order valence-electron chi connectivity index (χ2n) is 4.01. The normalized spacial score (nSPS) is 18.2. The molecular formula is C10H27NO3Si2. The van der Waals surface area contributed by atoms with E-state index in [2.05, 4.69) is 5.32 Å². The summed E-state index contributed by atoms with van der Waals surface area (Å²) in [6.07, 6.45) is 7.28. The molecule has 0 saturated heterocycles. The molecule has 1 rings (SSSR count). The Balaban J connectivity index is 0.00000225. The van der Waals surface area contributed by atoms with E-state index < -0.39 is 8.80 Å². The van der Waals surface area contributed by atoms with Gasteiger partial charge in [-0.1, -0.05) is 19.3 Å². The van der Waals surface area contributed by atoms with E-state index in [4.69, 9.17) is 13.3 Å². The highest BCUT2D eigenvalue weighted by atomic mass is 28.4. The summed E-state index contributed by atoms with van der Waals surface area (Å²) in [5.41, 5.74) is 0. The van der Waals surface area contributed by atoms with E-state index in [0.29, 0.717) is 12.2 Å². The number of hydrogen-bond acceptors (Lipinski definition) is 4. The predicted octanol–water partition coefficient (Wildman–Crippen LogP) is -0.126. The third-order valence-electron chi connectivity index (χ3n) is 3.15. The van der Waals surface area contributed by atoms with E-state index in [0.717, 1.165) is 0 Å². The molecule has 0 aliphatic heterocycles. The molecule has 1 saturated carbocycles. The minimum atomic E-state index is -2.41. The van der Waals surface area contributed by atoms with Crippen LogP contribution in [0.25, 0.3) is 0 Å². The molecule has 1 fully saturated rings. The van der Waals surface area contributed by atoms with Gasteiger partial charge >= 0.3 is 8.80 Å². The Morgan fingerprint density at radius 1 is 1.00 bits per heavy atom. The fourth-order valence-electron chi connectivity index (χ4n) is 2.04. The van der Waals surface area contributed by atoms with Gasteiger partial charge in [0.2, 0.25) is 0 Å². The maximum atomic E-state index is 5.36. The zero-order chi connectivity index (χ0) is 11.1. The SMILES string of the molecule is CO[Si](CNC1CCCCC1)(OC)OC.[SiH4]. The Morgan fingerprint density at radius 2 is 1.50 bits per heavy atom. The summed E-state index contributed by atoms with van der Waals surface area (Å²) in [5, 5.41) is 3.50. The van der Waals surface area contributed by atoms with Crippen LogP contribution in [0.5, 0.6) is 0 Å². The van der Waals surface area contributed by atoms with Gasteiger partial charge in [0.1, 0.15) is 0 Å². The second-order valence-corrected chi connectivity index (χ2v) is 6.96. The first-order valence-corrected chi connectivity index (χ1v) is 7.58. The lowest BCUT2D eigenvalue weighted by molar-refractivity contribution is 0.120. The third kappa shape index (κ3) is 4.64. The van der Waals surface area contributed by atoms with Crippen LogP contribution in [0, 0.1) is 0 Å². The summed E-state index contributed by atoms with van der Waals surface area (Å²) in [6.45, 7) is 0. The molecule has 0 bridgehead atoms. The Bertz CT molecular complexity index is 165. The van der Waals surface area contributed by atoms with Crippen molar-refractivity contribution in [3.63, 3.8) is 0 Å². The largest absolute Gasteiger partial charge is 0.514 e. The van der Waals surface area contributed by atoms with E-state index in [1.807, 2.05) is 0 Å². The van der Waals surface area contributed by atoms with Gasteiger partial charge in [-0.2, -0.15) is 0 Å². The summed E-state index contributed by atoms with van der Waals surface area (Å²) in [6, 6.07) is 0.617. The molecule has 0 spiro atoms. The van der Waals surface area contributed by atoms with Crippen LogP contribution >= 0.6 is 0 Å². The van der Waals surface area contributed by atoms with Gasteiger partial charge in [0.25, 0.3) is 0 Å². The van der Waals surface area contributed by atoms with E-state index >= 15 is 0 Å². The van der Waals surface area contributed by atoms with Crippen LogP contribution in [0.1, 0.15) is 32.1 Å². The summed E-state index contributed by atoms with van der Waals surface area (Å²) < 4.78 is 16.1. The van der Waals surface area contributed by atoms with Gasteiger partial charge in [0.05, 0.1) is 6.17 Å². The molecule has 0 unspecified atom stereocenters. The van der Waals surface area contributed by atoms with Crippen LogP contribution < -0.4 is 5.32 Å². The minimum Gasteiger partial charge on any atom is -0.376 e. The molecule has 16 heavy (non-hydrogen) atoms. The highest BCUT2D eigenvalue weighted by molar-refractivity contribution is 6.60. The molecule has 0 atom stereocenters. The quantitative estimate of drug-likeness (QED) is 0.680. The number of hydrogen-bond donors (Lipinski definition) is 1. The zero-order valence-corrected chi connectivity index (χ0v) is 11.0. The fourth-order valence-corrected chi connectivity index (χ4v) is 3.51. The molecule has 0 aromatic heterocycles. The molecule has 98 valence electrons. The Hall–Kier alpha value is 0.274.